The molecule has 0 aliphatic rings. The van der Waals surface area contributed by atoms with E-state index in [2.05, 4.69) is 22.4 Å². The number of rotatable bonds is 5. The number of hydrogen-bond donors (Lipinski definition) is 2. The second kappa shape index (κ2) is 7.44. The number of carbonyl (C=O) groups is 1. The van der Waals surface area contributed by atoms with Gasteiger partial charge in [-0.1, -0.05) is 42.8 Å². The fourth-order valence-corrected chi connectivity index (χ4v) is 2.83. The Morgan fingerprint density at radius 1 is 1.24 bits per heavy atom. The lowest BCUT2D eigenvalue weighted by atomic mass is 10.1. The molecule has 0 saturated carbocycles. The second-order valence-corrected chi connectivity index (χ2v) is 6.29. The zero-order chi connectivity index (χ0) is 17.8. The fraction of sp³-hybridized carbons (Fsp3) is 0.211. The van der Waals surface area contributed by atoms with Crippen LogP contribution in [0.4, 0.5) is 5.69 Å². The number of carbonyl (C=O) groups excluding carboxylic acids is 1. The Hall–Kier alpha value is -2.73. The van der Waals surface area contributed by atoms with Crippen molar-refractivity contribution in [2.75, 3.05) is 5.32 Å². The Balaban J connectivity index is 1.79. The van der Waals surface area contributed by atoms with Crippen molar-refractivity contribution in [3.8, 4) is 11.4 Å². The van der Waals surface area contributed by atoms with Crippen LogP contribution in [-0.2, 0) is 17.8 Å². The number of amides is 1. The minimum atomic E-state index is -0.143. The molecule has 3 rings (SSSR count). The molecule has 0 bridgehead atoms. The van der Waals surface area contributed by atoms with Gasteiger partial charge < -0.3 is 5.32 Å². The Morgan fingerprint density at radius 2 is 2.00 bits per heavy atom. The van der Waals surface area contributed by atoms with Gasteiger partial charge in [0.15, 0.2) is 10.6 Å². The molecular weight excluding hydrogens is 332 g/mol. The van der Waals surface area contributed by atoms with Crippen LogP contribution in [0.1, 0.15) is 18.1 Å². The molecule has 1 amide bonds. The standard InChI is InChI=1S/C19H20N4OS/c1-3-14-7-9-16(10-8-14)20-17(24)12-23-18(21-22-19(23)25)15-6-4-5-13(2)11-15/h4-11H,3,12H2,1-2H3,(H,20,24)(H,22,25). The van der Waals surface area contributed by atoms with Crippen LogP contribution in [-0.4, -0.2) is 20.7 Å². The molecule has 25 heavy (non-hydrogen) atoms. The molecule has 0 aliphatic carbocycles. The summed E-state index contributed by atoms with van der Waals surface area (Å²) in [6.45, 7) is 4.22. The summed E-state index contributed by atoms with van der Waals surface area (Å²) >= 11 is 5.29. The topological polar surface area (TPSA) is 62.7 Å². The zero-order valence-corrected chi connectivity index (χ0v) is 15.1. The van der Waals surface area contributed by atoms with Gasteiger partial charge in [0.2, 0.25) is 5.91 Å². The average molecular weight is 352 g/mol. The molecule has 0 saturated heterocycles. The van der Waals surface area contributed by atoms with Crippen molar-refractivity contribution in [3.63, 3.8) is 0 Å². The van der Waals surface area contributed by atoms with Crippen molar-refractivity contribution in [2.24, 2.45) is 0 Å². The van der Waals surface area contributed by atoms with Crippen LogP contribution in [0.15, 0.2) is 48.5 Å². The molecule has 2 aromatic carbocycles. The number of nitrogens with zero attached hydrogens (tertiary/aromatic N) is 2. The van der Waals surface area contributed by atoms with E-state index < -0.39 is 0 Å². The quantitative estimate of drug-likeness (QED) is 0.679. The molecule has 0 spiro atoms. The summed E-state index contributed by atoms with van der Waals surface area (Å²) < 4.78 is 2.13. The molecule has 0 radical (unpaired) electrons. The van der Waals surface area contributed by atoms with Crippen LogP contribution in [0.25, 0.3) is 11.4 Å². The molecule has 5 nitrogen and oxygen atoms in total. The van der Waals surface area contributed by atoms with Crippen molar-refractivity contribution < 1.29 is 4.79 Å². The van der Waals surface area contributed by atoms with Crippen molar-refractivity contribution in [1.82, 2.24) is 14.8 Å². The van der Waals surface area contributed by atoms with Gasteiger partial charge in [-0.25, -0.2) is 0 Å². The maximum absolute atomic E-state index is 12.4. The highest BCUT2D eigenvalue weighted by Gasteiger charge is 2.12. The lowest BCUT2D eigenvalue weighted by Crippen LogP contribution is -2.19. The maximum Gasteiger partial charge on any atom is 0.244 e. The Labute approximate surface area is 151 Å². The van der Waals surface area contributed by atoms with Gasteiger partial charge >= 0.3 is 0 Å². The van der Waals surface area contributed by atoms with Crippen LogP contribution in [0.2, 0.25) is 0 Å². The minimum absolute atomic E-state index is 0.105. The monoisotopic (exact) mass is 352 g/mol. The van der Waals surface area contributed by atoms with E-state index in [0.29, 0.717) is 10.6 Å². The van der Waals surface area contributed by atoms with Gasteiger partial charge in [0.05, 0.1) is 0 Å². The summed E-state index contributed by atoms with van der Waals surface area (Å²) in [4.78, 5) is 12.4. The first-order valence-corrected chi connectivity index (χ1v) is 8.58. The van der Waals surface area contributed by atoms with E-state index in [1.165, 1.54) is 5.56 Å². The van der Waals surface area contributed by atoms with E-state index in [0.717, 1.165) is 23.2 Å². The first kappa shape index (κ1) is 17.1. The van der Waals surface area contributed by atoms with Gasteiger partial charge in [-0.3, -0.25) is 14.5 Å². The van der Waals surface area contributed by atoms with Crippen molar-refractivity contribution in [1.29, 1.82) is 0 Å². The van der Waals surface area contributed by atoms with Gasteiger partial charge in [0.1, 0.15) is 6.54 Å². The third-order valence-electron chi connectivity index (χ3n) is 3.98. The molecule has 128 valence electrons. The molecule has 0 fully saturated rings. The SMILES string of the molecule is CCc1ccc(NC(=O)Cn2c(-c3cccc(C)c3)n[nH]c2=S)cc1. The number of nitrogens with one attached hydrogen (secondary N) is 2. The average Bonchev–Trinajstić information content (AvgIpc) is 2.96. The molecule has 6 heteroatoms. The van der Waals surface area contributed by atoms with Crippen molar-refractivity contribution in [3.05, 3.63) is 64.4 Å². The fourth-order valence-electron chi connectivity index (χ4n) is 2.64. The third-order valence-corrected chi connectivity index (χ3v) is 4.29. The summed E-state index contributed by atoms with van der Waals surface area (Å²) in [5, 5.41) is 9.95. The van der Waals surface area contributed by atoms with Gasteiger partial charge in [-0.05, 0) is 49.3 Å². The van der Waals surface area contributed by atoms with Crippen molar-refractivity contribution >= 4 is 23.8 Å². The van der Waals surface area contributed by atoms with Crippen LogP contribution < -0.4 is 5.32 Å². The number of aromatic nitrogens is 3. The Bertz CT molecular complexity index is 941. The zero-order valence-electron chi connectivity index (χ0n) is 14.2. The maximum atomic E-state index is 12.4. The van der Waals surface area contributed by atoms with Crippen LogP contribution in [0.3, 0.4) is 0 Å². The van der Waals surface area contributed by atoms with E-state index >= 15 is 0 Å². The molecule has 0 aliphatic heterocycles. The highest BCUT2D eigenvalue weighted by Crippen LogP contribution is 2.19. The molecule has 0 unspecified atom stereocenters. The van der Waals surface area contributed by atoms with Gasteiger partial charge in [0, 0.05) is 11.3 Å². The number of aryl methyl sites for hydroxylation is 2. The predicted molar refractivity (Wildman–Crippen MR) is 102 cm³/mol. The number of aromatic amines is 1. The highest BCUT2D eigenvalue weighted by molar-refractivity contribution is 7.71. The van der Waals surface area contributed by atoms with Crippen molar-refractivity contribution in [2.45, 2.75) is 26.8 Å². The smallest absolute Gasteiger partial charge is 0.244 e. The van der Waals surface area contributed by atoms with E-state index in [-0.39, 0.29) is 12.5 Å². The summed E-state index contributed by atoms with van der Waals surface area (Å²) in [7, 11) is 0. The van der Waals surface area contributed by atoms with Crippen LogP contribution in [0.5, 0.6) is 0 Å². The Kier molecular flexibility index (Phi) is 5.09. The first-order valence-electron chi connectivity index (χ1n) is 8.18. The van der Waals surface area contributed by atoms with Gasteiger partial charge in [0.25, 0.3) is 0 Å². The second-order valence-electron chi connectivity index (χ2n) is 5.91. The summed E-state index contributed by atoms with van der Waals surface area (Å²) in [5.74, 6) is 0.515. The number of H-pyrrole nitrogens is 1. The Morgan fingerprint density at radius 3 is 2.68 bits per heavy atom. The normalized spacial score (nSPS) is 10.6. The molecular formula is C19H20N4OS. The largest absolute Gasteiger partial charge is 0.325 e. The lowest BCUT2D eigenvalue weighted by Gasteiger charge is -2.09. The summed E-state index contributed by atoms with van der Waals surface area (Å²) in [5.41, 5.74) is 4.05. The minimum Gasteiger partial charge on any atom is -0.325 e. The number of hydrogen-bond acceptors (Lipinski definition) is 3. The molecule has 1 heterocycles. The highest BCUT2D eigenvalue weighted by atomic mass is 32.1. The third kappa shape index (κ3) is 4.03. The number of anilines is 1. The molecule has 3 aromatic rings. The first-order chi connectivity index (χ1) is 12.1. The lowest BCUT2D eigenvalue weighted by molar-refractivity contribution is -0.116. The van der Waals surface area contributed by atoms with Gasteiger partial charge in [-0.15, -0.1) is 0 Å². The predicted octanol–water partition coefficient (Wildman–Crippen LogP) is 4.12. The molecule has 2 N–H and O–H groups in total. The van der Waals surface area contributed by atoms with E-state index in [9.17, 15) is 4.79 Å². The van der Waals surface area contributed by atoms with Crippen LogP contribution in [0, 0.1) is 11.7 Å². The van der Waals surface area contributed by atoms with E-state index in [1.807, 2.05) is 55.5 Å². The van der Waals surface area contributed by atoms with E-state index in [1.54, 1.807) is 4.57 Å². The molecule has 1 aromatic heterocycles. The summed E-state index contributed by atoms with van der Waals surface area (Å²) in [6.07, 6.45) is 0.970. The van der Waals surface area contributed by atoms with E-state index in [4.69, 9.17) is 12.2 Å². The summed E-state index contributed by atoms with van der Waals surface area (Å²) in [6, 6.07) is 15.8. The van der Waals surface area contributed by atoms with Crippen LogP contribution >= 0.6 is 12.2 Å². The molecule has 0 atom stereocenters. The van der Waals surface area contributed by atoms with Gasteiger partial charge in [-0.2, -0.15) is 5.10 Å². The number of benzene rings is 2.